The van der Waals surface area contributed by atoms with Gasteiger partial charge in [-0.1, -0.05) is 6.92 Å². The van der Waals surface area contributed by atoms with E-state index in [4.69, 9.17) is 0 Å². The first-order valence-electron chi connectivity index (χ1n) is 3.98. The van der Waals surface area contributed by atoms with Gasteiger partial charge in [0, 0.05) is 18.4 Å². The fourth-order valence-corrected chi connectivity index (χ4v) is 1.69. The summed E-state index contributed by atoms with van der Waals surface area (Å²) in [6, 6.07) is 5.01. The van der Waals surface area contributed by atoms with E-state index in [2.05, 4.69) is 36.0 Å². The Morgan fingerprint density at radius 1 is 1.20 bits per heavy atom. The van der Waals surface area contributed by atoms with Crippen LogP contribution in [0.15, 0.2) is 24.5 Å². The van der Waals surface area contributed by atoms with E-state index in [0.717, 1.165) is 12.0 Å². The van der Waals surface area contributed by atoms with E-state index in [0.29, 0.717) is 0 Å². The molecular formula is C9H13N. The fraction of sp³-hybridized carbons (Fsp3) is 0.556. The van der Waals surface area contributed by atoms with Gasteiger partial charge >= 0.3 is 0 Å². The Hall–Kier alpha value is -0.720. The van der Waals surface area contributed by atoms with Gasteiger partial charge in [0.15, 0.2) is 0 Å². The van der Waals surface area contributed by atoms with Crippen molar-refractivity contribution in [2.24, 2.45) is 5.92 Å². The van der Waals surface area contributed by atoms with Gasteiger partial charge in [-0.05, 0) is 30.9 Å². The van der Waals surface area contributed by atoms with Gasteiger partial charge in [-0.25, -0.2) is 0 Å². The zero-order chi connectivity index (χ0) is 6.97. The van der Waals surface area contributed by atoms with Gasteiger partial charge in [-0.2, -0.15) is 0 Å². The summed E-state index contributed by atoms with van der Waals surface area (Å²) in [5, 5.41) is 0. The maximum atomic E-state index is 2.32. The van der Waals surface area contributed by atoms with Gasteiger partial charge in [-0.15, -0.1) is 0 Å². The molecule has 0 spiro atoms. The maximum absolute atomic E-state index is 2.32. The zero-order valence-electron chi connectivity index (χ0n) is 6.33. The zero-order valence-corrected chi connectivity index (χ0v) is 6.33. The van der Waals surface area contributed by atoms with Crippen LogP contribution in [0.1, 0.15) is 25.8 Å². The monoisotopic (exact) mass is 135 g/mol. The molecule has 1 saturated carbocycles. The molecule has 1 fully saturated rings. The van der Waals surface area contributed by atoms with Crippen molar-refractivity contribution in [2.45, 2.75) is 25.8 Å². The van der Waals surface area contributed by atoms with E-state index in [-0.39, 0.29) is 0 Å². The highest BCUT2D eigenvalue weighted by Gasteiger charge is 2.25. The number of hydrogen-bond acceptors (Lipinski definition) is 0. The number of nitrogens with zero attached hydrogens (tertiary/aromatic N) is 1. The lowest BCUT2D eigenvalue weighted by molar-refractivity contribution is 0.216. The summed E-state index contributed by atoms with van der Waals surface area (Å²) in [5.41, 5.74) is 0. The molecular weight excluding hydrogens is 122 g/mol. The number of rotatable bonds is 1. The van der Waals surface area contributed by atoms with Gasteiger partial charge in [0.25, 0.3) is 0 Å². The molecule has 1 aromatic heterocycles. The predicted molar refractivity (Wildman–Crippen MR) is 41.9 cm³/mol. The first-order chi connectivity index (χ1) is 4.86. The molecule has 0 N–H and O–H groups in total. The molecule has 0 radical (unpaired) electrons. The lowest BCUT2D eigenvalue weighted by Gasteiger charge is -2.33. The summed E-state index contributed by atoms with van der Waals surface area (Å²) in [6.45, 7) is 2.32. The van der Waals surface area contributed by atoms with E-state index < -0.39 is 0 Å². The van der Waals surface area contributed by atoms with Crippen molar-refractivity contribution in [3.63, 3.8) is 0 Å². The largest absolute Gasteiger partial charge is 0.351 e. The highest BCUT2D eigenvalue weighted by molar-refractivity contribution is 4.96. The van der Waals surface area contributed by atoms with Crippen molar-refractivity contribution in [1.82, 2.24) is 4.57 Å². The molecule has 1 heteroatoms. The van der Waals surface area contributed by atoms with Gasteiger partial charge in [0.1, 0.15) is 0 Å². The Morgan fingerprint density at radius 3 is 2.30 bits per heavy atom. The van der Waals surface area contributed by atoms with Crippen molar-refractivity contribution in [1.29, 1.82) is 0 Å². The molecule has 1 aliphatic carbocycles. The third-order valence-corrected chi connectivity index (χ3v) is 2.40. The van der Waals surface area contributed by atoms with Gasteiger partial charge in [-0.3, -0.25) is 0 Å². The van der Waals surface area contributed by atoms with Crippen LogP contribution < -0.4 is 0 Å². The van der Waals surface area contributed by atoms with Crippen molar-refractivity contribution in [3.8, 4) is 0 Å². The van der Waals surface area contributed by atoms with Gasteiger partial charge in [0.2, 0.25) is 0 Å². The molecule has 0 unspecified atom stereocenters. The quantitative estimate of drug-likeness (QED) is 0.557. The van der Waals surface area contributed by atoms with E-state index in [1.54, 1.807) is 0 Å². The van der Waals surface area contributed by atoms with Crippen LogP contribution in [0.4, 0.5) is 0 Å². The second kappa shape index (κ2) is 2.15. The van der Waals surface area contributed by atoms with Crippen LogP contribution in [0.3, 0.4) is 0 Å². The molecule has 0 aliphatic heterocycles. The summed E-state index contributed by atoms with van der Waals surface area (Å²) in [6.07, 6.45) is 7.07. The first-order valence-corrected chi connectivity index (χ1v) is 3.98. The molecule has 1 heterocycles. The van der Waals surface area contributed by atoms with E-state index in [9.17, 15) is 0 Å². The molecule has 0 aromatic carbocycles. The molecule has 0 atom stereocenters. The van der Waals surface area contributed by atoms with Crippen molar-refractivity contribution >= 4 is 0 Å². The molecule has 1 nitrogen and oxygen atoms in total. The van der Waals surface area contributed by atoms with Crippen LogP contribution in [0.2, 0.25) is 0 Å². The fourth-order valence-electron chi connectivity index (χ4n) is 1.69. The minimum atomic E-state index is 0.810. The smallest absolute Gasteiger partial charge is 0.0335 e. The number of hydrogen-bond donors (Lipinski definition) is 0. The highest BCUT2D eigenvalue weighted by Crippen LogP contribution is 2.36. The second-order valence-corrected chi connectivity index (χ2v) is 3.36. The van der Waals surface area contributed by atoms with Crippen LogP contribution in [0, 0.1) is 5.92 Å². The van der Waals surface area contributed by atoms with Crippen LogP contribution in [-0.4, -0.2) is 4.57 Å². The Labute approximate surface area is 61.7 Å². The van der Waals surface area contributed by atoms with E-state index in [1.165, 1.54) is 12.8 Å². The van der Waals surface area contributed by atoms with Crippen LogP contribution in [0.25, 0.3) is 0 Å². The molecule has 0 saturated heterocycles. The minimum Gasteiger partial charge on any atom is -0.351 e. The van der Waals surface area contributed by atoms with E-state index in [1.807, 2.05) is 0 Å². The molecule has 1 aliphatic rings. The lowest BCUT2D eigenvalue weighted by Crippen LogP contribution is -2.23. The Balaban J connectivity index is 2.04. The molecule has 54 valence electrons. The molecule has 0 bridgehead atoms. The Morgan fingerprint density at radius 2 is 1.80 bits per heavy atom. The average molecular weight is 135 g/mol. The second-order valence-electron chi connectivity index (χ2n) is 3.36. The topological polar surface area (TPSA) is 4.93 Å². The van der Waals surface area contributed by atoms with Crippen LogP contribution in [0.5, 0.6) is 0 Å². The van der Waals surface area contributed by atoms with E-state index >= 15 is 0 Å². The standard InChI is InChI=1S/C9H13N/c1-8-6-9(7-8)10-4-2-3-5-10/h2-5,8-9H,6-7H2,1H3. The lowest BCUT2D eigenvalue weighted by atomic mass is 9.82. The number of aromatic nitrogens is 1. The Kier molecular flexibility index (Phi) is 1.30. The van der Waals surface area contributed by atoms with Crippen molar-refractivity contribution < 1.29 is 0 Å². The Bertz CT molecular complexity index is 195. The SMILES string of the molecule is CC1CC(n2cccc2)C1. The summed E-state index contributed by atoms with van der Waals surface area (Å²) < 4.78 is 2.32. The first kappa shape index (κ1) is 6.02. The highest BCUT2D eigenvalue weighted by atomic mass is 15.0. The maximum Gasteiger partial charge on any atom is 0.0335 e. The van der Waals surface area contributed by atoms with Crippen molar-refractivity contribution in [2.75, 3.05) is 0 Å². The molecule has 1 aromatic rings. The summed E-state index contributed by atoms with van der Waals surface area (Å²) >= 11 is 0. The molecule has 0 amide bonds. The average Bonchev–Trinajstić information content (AvgIpc) is 2.31. The molecule has 10 heavy (non-hydrogen) atoms. The van der Waals surface area contributed by atoms with Crippen LogP contribution >= 0.6 is 0 Å². The van der Waals surface area contributed by atoms with Gasteiger partial charge < -0.3 is 4.57 Å². The molecule has 2 rings (SSSR count). The third kappa shape index (κ3) is 0.859. The van der Waals surface area contributed by atoms with Gasteiger partial charge in [0.05, 0.1) is 0 Å². The van der Waals surface area contributed by atoms with Crippen LogP contribution in [-0.2, 0) is 0 Å². The van der Waals surface area contributed by atoms with Crippen molar-refractivity contribution in [3.05, 3.63) is 24.5 Å². The summed E-state index contributed by atoms with van der Waals surface area (Å²) in [7, 11) is 0. The normalized spacial score (nSPS) is 31.7. The summed E-state index contributed by atoms with van der Waals surface area (Å²) in [5.74, 6) is 0.951. The summed E-state index contributed by atoms with van der Waals surface area (Å²) in [4.78, 5) is 0. The minimum absolute atomic E-state index is 0.810. The predicted octanol–water partition coefficient (Wildman–Crippen LogP) is 2.46. The third-order valence-electron chi connectivity index (χ3n) is 2.40.